The van der Waals surface area contributed by atoms with E-state index in [2.05, 4.69) is 25.7 Å². The van der Waals surface area contributed by atoms with Crippen molar-refractivity contribution in [1.29, 1.82) is 5.26 Å². The van der Waals surface area contributed by atoms with Crippen LogP contribution >= 0.6 is 0 Å². The van der Waals surface area contributed by atoms with E-state index >= 15 is 0 Å². The molecule has 36 heavy (non-hydrogen) atoms. The number of carbonyl (C=O) groups is 3. The van der Waals surface area contributed by atoms with E-state index in [0.717, 1.165) is 6.07 Å². The maximum Gasteiger partial charge on any atom is 0.573 e. The summed E-state index contributed by atoms with van der Waals surface area (Å²) in [6.07, 6.45) is -3.22. The van der Waals surface area contributed by atoms with Gasteiger partial charge in [-0.15, -0.1) is 13.2 Å². The van der Waals surface area contributed by atoms with Crippen molar-refractivity contribution in [3.8, 4) is 11.8 Å². The van der Waals surface area contributed by atoms with Gasteiger partial charge in [-0.1, -0.05) is 19.9 Å². The van der Waals surface area contributed by atoms with Crippen LogP contribution in [0.25, 0.3) is 10.9 Å². The molecule has 0 aliphatic carbocycles. The predicted molar refractivity (Wildman–Crippen MR) is 124 cm³/mol. The number of halogens is 3. The standard InChI is InChI=1S/C24H28F3N5O4/c1-13(2)10-18(22(34)30-15(12-28)7-6-14-8-9-29-21(14)33)32-23(35)19-11-16-17(31-19)4-3-5-20(16)36-24(25,26)27/h3-5,11,13-15,18,31H,6-10H2,1-2H3,(H,29,33)(H,30,34)(H,32,35)/t14-,15+,18+/m1/s1. The molecule has 2 heterocycles. The zero-order chi connectivity index (χ0) is 26.5. The van der Waals surface area contributed by atoms with E-state index in [9.17, 15) is 32.8 Å². The quantitative estimate of drug-likeness (QED) is 0.392. The van der Waals surface area contributed by atoms with Crippen LogP contribution in [0.3, 0.4) is 0 Å². The first-order valence-corrected chi connectivity index (χ1v) is 11.6. The summed E-state index contributed by atoms with van der Waals surface area (Å²) in [5, 5.41) is 17.5. The fourth-order valence-corrected chi connectivity index (χ4v) is 4.13. The van der Waals surface area contributed by atoms with Gasteiger partial charge in [-0.3, -0.25) is 14.4 Å². The van der Waals surface area contributed by atoms with Crippen LogP contribution in [0.1, 0.15) is 50.0 Å². The molecule has 12 heteroatoms. The lowest BCUT2D eigenvalue weighted by atomic mass is 9.98. The molecule has 0 saturated carbocycles. The van der Waals surface area contributed by atoms with Gasteiger partial charge in [-0.05, 0) is 49.8 Å². The Morgan fingerprint density at radius 3 is 2.64 bits per heavy atom. The predicted octanol–water partition coefficient (Wildman–Crippen LogP) is 3.14. The van der Waals surface area contributed by atoms with Crippen LogP contribution in [-0.4, -0.2) is 47.7 Å². The molecule has 194 valence electrons. The van der Waals surface area contributed by atoms with Gasteiger partial charge in [-0.25, -0.2) is 0 Å². The Balaban J connectivity index is 1.69. The van der Waals surface area contributed by atoms with E-state index in [-0.39, 0.29) is 47.2 Å². The maximum atomic E-state index is 12.9. The number of nitrogens with zero attached hydrogens (tertiary/aromatic N) is 1. The van der Waals surface area contributed by atoms with Crippen molar-refractivity contribution in [2.24, 2.45) is 11.8 Å². The molecule has 1 fully saturated rings. The van der Waals surface area contributed by atoms with Gasteiger partial charge in [0.2, 0.25) is 11.8 Å². The number of alkyl halides is 3. The Bertz CT molecular complexity index is 1150. The Hall–Kier alpha value is -3.75. The molecule has 4 N–H and O–H groups in total. The SMILES string of the molecule is CC(C)C[C@H](NC(=O)c1cc2c(OC(F)(F)F)cccc2[nH]1)C(=O)N[C@H](C#N)CC[C@@H]1CCNC1=O. The average molecular weight is 508 g/mol. The molecule has 2 aromatic rings. The van der Waals surface area contributed by atoms with Crippen LogP contribution in [0.2, 0.25) is 0 Å². The first kappa shape index (κ1) is 26.8. The lowest BCUT2D eigenvalue weighted by Gasteiger charge is -2.22. The second-order valence-corrected chi connectivity index (χ2v) is 9.15. The zero-order valence-corrected chi connectivity index (χ0v) is 19.9. The van der Waals surface area contributed by atoms with E-state index < -0.39 is 36.0 Å². The Kier molecular flexibility index (Phi) is 8.45. The number of hydrogen-bond donors (Lipinski definition) is 4. The second kappa shape index (κ2) is 11.3. The van der Waals surface area contributed by atoms with Gasteiger partial charge < -0.3 is 25.7 Å². The van der Waals surface area contributed by atoms with Crippen molar-refractivity contribution >= 4 is 28.6 Å². The van der Waals surface area contributed by atoms with E-state index in [4.69, 9.17) is 0 Å². The average Bonchev–Trinajstić information content (AvgIpc) is 3.41. The molecule has 0 bridgehead atoms. The largest absolute Gasteiger partial charge is 0.573 e. The number of aromatic nitrogens is 1. The molecule has 0 unspecified atom stereocenters. The normalized spacial score (nSPS) is 17.4. The number of rotatable bonds is 10. The van der Waals surface area contributed by atoms with E-state index in [1.165, 1.54) is 18.2 Å². The number of H-pyrrole nitrogens is 1. The highest BCUT2D eigenvalue weighted by Crippen LogP contribution is 2.31. The Morgan fingerprint density at radius 2 is 2.03 bits per heavy atom. The number of carbonyl (C=O) groups excluding carboxylic acids is 3. The highest BCUT2D eigenvalue weighted by Gasteiger charge is 2.32. The minimum Gasteiger partial charge on any atom is -0.405 e. The number of benzene rings is 1. The molecule has 0 radical (unpaired) electrons. The molecule has 3 amide bonds. The first-order valence-electron chi connectivity index (χ1n) is 11.6. The number of amides is 3. The number of aromatic amines is 1. The van der Waals surface area contributed by atoms with Gasteiger partial charge in [0.05, 0.1) is 6.07 Å². The summed E-state index contributed by atoms with van der Waals surface area (Å²) >= 11 is 0. The molecule has 0 spiro atoms. The van der Waals surface area contributed by atoms with E-state index in [1.807, 2.05) is 19.9 Å². The van der Waals surface area contributed by atoms with Crippen LogP contribution in [0.5, 0.6) is 5.75 Å². The van der Waals surface area contributed by atoms with Gasteiger partial charge in [0.15, 0.2) is 0 Å². The number of ether oxygens (including phenoxy) is 1. The van der Waals surface area contributed by atoms with Gasteiger partial charge in [0.25, 0.3) is 5.91 Å². The zero-order valence-electron chi connectivity index (χ0n) is 19.9. The first-order chi connectivity index (χ1) is 17.0. The van der Waals surface area contributed by atoms with Crippen LogP contribution in [0.4, 0.5) is 13.2 Å². The van der Waals surface area contributed by atoms with Gasteiger partial charge >= 0.3 is 6.36 Å². The van der Waals surface area contributed by atoms with Crippen molar-refractivity contribution in [3.05, 3.63) is 30.0 Å². The Labute approximate surface area is 205 Å². The highest BCUT2D eigenvalue weighted by atomic mass is 19.4. The minimum absolute atomic E-state index is 0.0123. The van der Waals surface area contributed by atoms with Gasteiger partial charge in [0, 0.05) is 23.4 Å². The van der Waals surface area contributed by atoms with Gasteiger partial charge in [0.1, 0.15) is 23.5 Å². The number of hydrogen-bond acceptors (Lipinski definition) is 5. The molecule has 1 aromatic heterocycles. The molecule has 1 aromatic carbocycles. The summed E-state index contributed by atoms with van der Waals surface area (Å²) in [6.45, 7) is 4.31. The summed E-state index contributed by atoms with van der Waals surface area (Å²) < 4.78 is 42.2. The molecule has 1 aliphatic heterocycles. The van der Waals surface area contributed by atoms with Crippen LogP contribution in [0.15, 0.2) is 24.3 Å². The fourth-order valence-electron chi connectivity index (χ4n) is 4.13. The van der Waals surface area contributed by atoms with Crippen molar-refractivity contribution < 1.29 is 32.3 Å². The molecule has 9 nitrogen and oxygen atoms in total. The molecule has 1 saturated heterocycles. The molecule has 1 aliphatic rings. The van der Waals surface area contributed by atoms with Crippen LogP contribution in [-0.2, 0) is 9.59 Å². The number of nitrogens with one attached hydrogen (secondary N) is 4. The van der Waals surface area contributed by atoms with E-state index in [0.29, 0.717) is 19.4 Å². The lowest BCUT2D eigenvalue weighted by Crippen LogP contribution is -2.50. The van der Waals surface area contributed by atoms with Gasteiger partial charge in [-0.2, -0.15) is 5.26 Å². The third-order valence-electron chi connectivity index (χ3n) is 5.86. The maximum absolute atomic E-state index is 12.9. The summed E-state index contributed by atoms with van der Waals surface area (Å²) in [5.74, 6) is -1.96. The number of nitriles is 1. The van der Waals surface area contributed by atoms with Crippen LogP contribution in [0, 0.1) is 23.2 Å². The minimum atomic E-state index is -4.90. The van der Waals surface area contributed by atoms with Crippen molar-refractivity contribution in [3.63, 3.8) is 0 Å². The molecular weight excluding hydrogens is 479 g/mol. The summed E-state index contributed by atoms with van der Waals surface area (Å²) in [7, 11) is 0. The highest BCUT2D eigenvalue weighted by molar-refractivity contribution is 6.01. The smallest absolute Gasteiger partial charge is 0.405 e. The molecule has 3 atom stereocenters. The third kappa shape index (κ3) is 7.13. The lowest BCUT2D eigenvalue weighted by molar-refractivity contribution is -0.274. The van der Waals surface area contributed by atoms with E-state index in [1.54, 1.807) is 0 Å². The van der Waals surface area contributed by atoms with Crippen LogP contribution < -0.4 is 20.7 Å². The third-order valence-corrected chi connectivity index (χ3v) is 5.86. The molecule has 3 rings (SSSR count). The topological polar surface area (TPSA) is 136 Å². The number of fused-ring (bicyclic) bond motifs is 1. The van der Waals surface area contributed by atoms with Crippen molar-refractivity contribution in [1.82, 2.24) is 20.9 Å². The fraction of sp³-hybridized carbons (Fsp3) is 0.500. The van der Waals surface area contributed by atoms with Crippen molar-refractivity contribution in [2.75, 3.05) is 6.54 Å². The summed E-state index contributed by atoms with van der Waals surface area (Å²) in [5.41, 5.74) is 0.209. The Morgan fingerprint density at radius 1 is 1.28 bits per heavy atom. The van der Waals surface area contributed by atoms with Crippen molar-refractivity contribution in [2.45, 2.75) is 58.0 Å². The summed E-state index contributed by atoms with van der Waals surface area (Å²) in [6, 6.07) is 5.40. The summed E-state index contributed by atoms with van der Waals surface area (Å²) in [4.78, 5) is 40.3. The monoisotopic (exact) mass is 507 g/mol. The second-order valence-electron chi connectivity index (χ2n) is 9.15. The molecular formula is C24H28F3N5O4.